The minimum Gasteiger partial charge on any atom is -0.441 e. The summed E-state index contributed by atoms with van der Waals surface area (Å²) in [6.45, 7) is 1.39. The van der Waals surface area contributed by atoms with Crippen LogP contribution in [0.4, 0.5) is 20.7 Å². The molecule has 2 aliphatic rings. The summed E-state index contributed by atoms with van der Waals surface area (Å²) in [5.41, 5.74) is 1.63. The molecule has 8 heteroatoms. The number of pyridine rings is 2. The van der Waals surface area contributed by atoms with E-state index >= 15 is 0 Å². The van der Waals surface area contributed by atoms with Gasteiger partial charge >= 0.3 is 6.09 Å². The van der Waals surface area contributed by atoms with Crippen molar-refractivity contribution in [2.75, 3.05) is 23.3 Å². The Hall–Kier alpha value is -3.19. The molecule has 1 saturated carbocycles. The Bertz CT molecular complexity index is 1090. The topological polar surface area (TPSA) is 67.3 Å². The van der Waals surface area contributed by atoms with Crippen LogP contribution < -0.4 is 10.2 Å². The van der Waals surface area contributed by atoms with Gasteiger partial charge in [0.1, 0.15) is 17.2 Å². The molecule has 6 nitrogen and oxygen atoms in total. The first-order valence-electron chi connectivity index (χ1n) is 11.0. The summed E-state index contributed by atoms with van der Waals surface area (Å²) < 4.78 is 19.8. The lowest BCUT2D eigenvalue weighted by Crippen LogP contribution is -2.39. The molecule has 1 aliphatic carbocycles. The quantitative estimate of drug-likeness (QED) is 0.520. The van der Waals surface area contributed by atoms with Gasteiger partial charge in [-0.25, -0.2) is 14.2 Å². The number of halogens is 2. The number of ether oxygens (including phenoxy) is 1. The Morgan fingerprint density at radius 1 is 1.06 bits per heavy atom. The Labute approximate surface area is 198 Å². The SMILES string of the molecule is Cl.O=C1OC2(CCC(CNc3ccc(-c4ccccc4F)nc3)CC2)CN1c1ccccn1. The van der Waals surface area contributed by atoms with Gasteiger partial charge in [-0.2, -0.15) is 0 Å². The minimum absolute atomic E-state index is 0. The largest absolute Gasteiger partial charge is 0.441 e. The van der Waals surface area contributed by atoms with Gasteiger partial charge in [0, 0.05) is 18.3 Å². The number of aromatic nitrogens is 2. The van der Waals surface area contributed by atoms with E-state index in [2.05, 4.69) is 15.3 Å². The molecule has 0 radical (unpaired) electrons. The molecular weight excluding hydrogens is 443 g/mol. The zero-order valence-electron chi connectivity index (χ0n) is 18.1. The number of nitrogens with zero attached hydrogens (tertiary/aromatic N) is 3. The van der Waals surface area contributed by atoms with Gasteiger partial charge in [-0.1, -0.05) is 18.2 Å². The van der Waals surface area contributed by atoms with Crippen LogP contribution >= 0.6 is 12.4 Å². The Balaban J connectivity index is 0.00000259. The van der Waals surface area contributed by atoms with Crippen LogP contribution in [0.25, 0.3) is 11.3 Å². The Morgan fingerprint density at radius 3 is 2.55 bits per heavy atom. The van der Waals surface area contributed by atoms with Crippen LogP contribution in [-0.4, -0.2) is 34.8 Å². The lowest BCUT2D eigenvalue weighted by atomic mass is 9.78. The predicted octanol–water partition coefficient (Wildman–Crippen LogP) is 5.70. The van der Waals surface area contributed by atoms with E-state index in [1.54, 1.807) is 35.5 Å². The van der Waals surface area contributed by atoms with Gasteiger partial charge in [0.15, 0.2) is 0 Å². The molecule has 2 fully saturated rings. The van der Waals surface area contributed by atoms with Crippen molar-refractivity contribution in [1.82, 2.24) is 9.97 Å². The van der Waals surface area contributed by atoms with Crippen molar-refractivity contribution in [2.45, 2.75) is 31.3 Å². The van der Waals surface area contributed by atoms with Crippen LogP contribution in [0.2, 0.25) is 0 Å². The Morgan fingerprint density at radius 2 is 1.85 bits per heavy atom. The fraction of sp³-hybridized carbons (Fsp3) is 0.320. The molecule has 0 atom stereocenters. The molecule has 3 heterocycles. The highest BCUT2D eigenvalue weighted by Crippen LogP contribution is 2.40. The first-order chi connectivity index (χ1) is 15.6. The molecule has 1 spiro atoms. The third-order valence-corrected chi connectivity index (χ3v) is 6.42. The second-order valence-corrected chi connectivity index (χ2v) is 8.56. The van der Waals surface area contributed by atoms with Crippen LogP contribution in [0, 0.1) is 11.7 Å². The van der Waals surface area contributed by atoms with Gasteiger partial charge in [-0.3, -0.25) is 9.88 Å². The maximum absolute atomic E-state index is 13.9. The van der Waals surface area contributed by atoms with Gasteiger partial charge in [0.05, 0.1) is 24.1 Å². The monoisotopic (exact) mass is 468 g/mol. The van der Waals surface area contributed by atoms with Crippen LogP contribution in [0.1, 0.15) is 25.7 Å². The van der Waals surface area contributed by atoms with Gasteiger partial charge in [0.25, 0.3) is 0 Å². The van der Waals surface area contributed by atoms with E-state index in [1.165, 1.54) is 6.07 Å². The van der Waals surface area contributed by atoms with Crippen molar-refractivity contribution in [3.8, 4) is 11.3 Å². The van der Waals surface area contributed by atoms with E-state index in [0.29, 0.717) is 29.5 Å². The predicted molar refractivity (Wildman–Crippen MR) is 128 cm³/mol. The zero-order chi connectivity index (χ0) is 22.0. The summed E-state index contributed by atoms with van der Waals surface area (Å²) >= 11 is 0. The molecule has 5 rings (SSSR count). The standard InChI is InChI=1S/C25H25FN4O2.ClH/c26-21-6-2-1-5-20(21)22-9-8-19(16-29-22)28-15-18-10-12-25(13-11-18)17-30(24(31)32-25)23-7-3-4-14-27-23;/h1-9,14,16,18,28H,10-13,15,17H2;1H. The van der Waals surface area contributed by atoms with Gasteiger partial charge < -0.3 is 10.1 Å². The molecule has 1 N–H and O–H groups in total. The van der Waals surface area contributed by atoms with Crippen molar-refractivity contribution in [3.05, 3.63) is 72.8 Å². The highest BCUT2D eigenvalue weighted by Gasteiger charge is 2.47. The maximum Gasteiger partial charge on any atom is 0.416 e. The molecule has 2 aromatic heterocycles. The normalized spacial score (nSPS) is 22.0. The number of carbonyl (C=O) groups excluding carboxylic acids is 1. The minimum atomic E-state index is -0.409. The average Bonchev–Trinajstić information content (AvgIpc) is 3.16. The summed E-state index contributed by atoms with van der Waals surface area (Å²) in [6.07, 6.45) is 6.79. The third kappa shape index (κ3) is 4.93. The molecule has 1 aromatic carbocycles. The number of amides is 1. The number of nitrogens with one attached hydrogen (secondary N) is 1. The summed E-state index contributed by atoms with van der Waals surface area (Å²) in [6, 6.07) is 16.0. The van der Waals surface area contributed by atoms with Crippen molar-refractivity contribution in [1.29, 1.82) is 0 Å². The number of hydrogen-bond donors (Lipinski definition) is 1. The zero-order valence-corrected chi connectivity index (χ0v) is 18.9. The highest BCUT2D eigenvalue weighted by molar-refractivity contribution is 5.89. The fourth-order valence-corrected chi connectivity index (χ4v) is 4.57. The van der Waals surface area contributed by atoms with E-state index in [-0.39, 0.29) is 24.3 Å². The fourth-order valence-electron chi connectivity index (χ4n) is 4.57. The number of carbonyl (C=O) groups is 1. The molecule has 1 saturated heterocycles. The van der Waals surface area contributed by atoms with Crippen molar-refractivity contribution >= 4 is 30.0 Å². The molecule has 0 unspecified atom stereocenters. The smallest absolute Gasteiger partial charge is 0.416 e. The second-order valence-electron chi connectivity index (χ2n) is 8.56. The van der Waals surface area contributed by atoms with Gasteiger partial charge in [0.2, 0.25) is 0 Å². The lowest BCUT2D eigenvalue weighted by molar-refractivity contribution is 0.0148. The Kier molecular flexibility index (Phi) is 6.79. The van der Waals surface area contributed by atoms with Crippen LogP contribution in [0.3, 0.4) is 0 Å². The molecule has 3 aromatic rings. The first-order valence-corrected chi connectivity index (χ1v) is 11.0. The molecule has 1 amide bonds. The second kappa shape index (κ2) is 9.75. The summed E-state index contributed by atoms with van der Waals surface area (Å²) in [4.78, 5) is 22.7. The first kappa shape index (κ1) is 23.0. The summed E-state index contributed by atoms with van der Waals surface area (Å²) in [5, 5.41) is 3.45. The number of benzene rings is 1. The van der Waals surface area contributed by atoms with Crippen molar-refractivity contribution < 1.29 is 13.9 Å². The van der Waals surface area contributed by atoms with Crippen molar-refractivity contribution in [2.24, 2.45) is 5.92 Å². The third-order valence-electron chi connectivity index (χ3n) is 6.42. The lowest BCUT2D eigenvalue weighted by Gasteiger charge is -2.35. The van der Waals surface area contributed by atoms with Crippen molar-refractivity contribution in [3.63, 3.8) is 0 Å². The molecule has 172 valence electrons. The van der Waals surface area contributed by atoms with E-state index in [1.807, 2.05) is 30.3 Å². The number of anilines is 2. The van der Waals surface area contributed by atoms with Crippen LogP contribution in [0.15, 0.2) is 67.0 Å². The van der Waals surface area contributed by atoms with E-state index in [0.717, 1.165) is 37.9 Å². The molecule has 0 bridgehead atoms. The van der Waals surface area contributed by atoms with E-state index < -0.39 is 5.60 Å². The highest BCUT2D eigenvalue weighted by atomic mass is 35.5. The summed E-state index contributed by atoms with van der Waals surface area (Å²) in [5.74, 6) is 0.866. The van der Waals surface area contributed by atoms with E-state index in [9.17, 15) is 9.18 Å². The number of hydrogen-bond acceptors (Lipinski definition) is 5. The van der Waals surface area contributed by atoms with E-state index in [4.69, 9.17) is 4.74 Å². The van der Waals surface area contributed by atoms with Crippen LogP contribution in [0.5, 0.6) is 0 Å². The average molecular weight is 469 g/mol. The maximum atomic E-state index is 13.9. The van der Waals surface area contributed by atoms with Gasteiger partial charge in [-0.05, 0) is 68.0 Å². The molecule has 1 aliphatic heterocycles. The van der Waals surface area contributed by atoms with Crippen LogP contribution in [-0.2, 0) is 4.74 Å². The van der Waals surface area contributed by atoms with Gasteiger partial charge in [-0.15, -0.1) is 12.4 Å². The molecule has 33 heavy (non-hydrogen) atoms. The number of rotatable bonds is 5. The molecular formula is C25H26ClFN4O2. The summed E-state index contributed by atoms with van der Waals surface area (Å²) in [7, 11) is 0.